The number of hydrogen-bond donors (Lipinski definition) is 1. The Morgan fingerprint density at radius 2 is 2.12 bits per heavy atom. The second-order valence-electron chi connectivity index (χ2n) is 4.11. The molecule has 0 aromatic heterocycles. The van der Waals surface area contributed by atoms with Crippen LogP contribution in [0.25, 0.3) is 10.8 Å². The molecule has 1 fully saturated rings. The predicted molar refractivity (Wildman–Crippen MR) is 66.4 cm³/mol. The molecule has 2 nitrogen and oxygen atoms in total. The molecule has 0 bridgehead atoms. The molecular formula is C13H11BrO2. The monoisotopic (exact) mass is 278 g/mol. The number of aliphatic hydroxyl groups is 1. The zero-order valence-corrected chi connectivity index (χ0v) is 10.2. The summed E-state index contributed by atoms with van der Waals surface area (Å²) in [6.45, 7) is 0.654. The van der Waals surface area contributed by atoms with Crippen LogP contribution in [0.5, 0.6) is 0 Å². The summed E-state index contributed by atoms with van der Waals surface area (Å²) in [6.07, 6.45) is 0. The van der Waals surface area contributed by atoms with Gasteiger partial charge in [0.15, 0.2) is 0 Å². The third kappa shape index (κ3) is 1.47. The molecule has 3 heteroatoms. The molecular weight excluding hydrogens is 268 g/mol. The molecule has 1 atom stereocenters. The Morgan fingerprint density at radius 3 is 2.81 bits per heavy atom. The molecule has 1 aliphatic rings. The number of aliphatic hydroxyl groups excluding tert-OH is 1. The molecule has 0 spiro atoms. The van der Waals surface area contributed by atoms with Crippen LogP contribution in [0.15, 0.2) is 40.9 Å². The summed E-state index contributed by atoms with van der Waals surface area (Å²) in [6, 6.07) is 12.2. The number of fused-ring (bicyclic) bond motifs is 1. The summed E-state index contributed by atoms with van der Waals surface area (Å²) in [7, 11) is 0. The fourth-order valence-electron chi connectivity index (χ4n) is 2.07. The first-order valence-corrected chi connectivity index (χ1v) is 5.98. The molecule has 3 rings (SSSR count). The summed E-state index contributed by atoms with van der Waals surface area (Å²) >= 11 is 3.46. The van der Waals surface area contributed by atoms with Gasteiger partial charge in [0.1, 0.15) is 5.60 Å². The van der Waals surface area contributed by atoms with Crippen LogP contribution in [-0.4, -0.2) is 18.3 Å². The standard InChI is InChI=1S/C13H11BrO2/c14-10-4-5-11-9(6-10)2-1-3-12(11)13(7-15)8-16-13/h1-6,15H,7-8H2. The summed E-state index contributed by atoms with van der Waals surface area (Å²) in [4.78, 5) is 0. The van der Waals surface area contributed by atoms with Gasteiger partial charge in [0.05, 0.1) is 13.2 Å². The molecule has 2 aromatic carbocycles. The van der Waals surface area contributed by atoms with Crippen LogP contribution in [-0.2, 0) is 10.3 Å². The Labute approximate surface area is 102 Å². The number of ether oxygens (including phenoxy) is 1. The Morgan fingerprint density at radius 1 is 1.31 bits per heavy atom. The zero-order chi connectivity index (χ0) is 11.2. The zero-order valence-electron chi connectivity index (χ0n) is 8.61. The average Bonchev–Trinajstić information content (AvgIpc) is 3.08. The lowest BCUT2D eigenvalue weighted by atomic mass is 9.94. The van der Waals surface area contributed by atoms with E-state index in [9.17, 15) is 5.11 Å². The first kappa shape index (κ1) is 10.3. The maximum atomic E-state index is 9.39. The van der Waals surface area contributed by atoms with Crippen molar-refractivity contribution in [2.75, 3.05) is 13.2 Å². The molecule has 2 aromatic rings. The van der Waals surface area contributed by atoms with Gasteiger partial charge in [-0.1, -0.05) is 40.2 Å². The molecule has 1 unspecified atom stereocenters. The van der Waals surface area contributed by atoms with E-state index in [-0.39, 0.29) is 6.61 Å². The summed E-state index contributed by atoms with van der Waals surface area (Å²) in [5.41, 5.74) is 0.632. The highest BCUT2D eigenvalue weighted by molar-refractivity contribution is 9.10. The van der Waals surface area contributed by atoms with Crippen LogP contribution >= 0.6 is 15.9 Å². The van der Waals surface area contributed by atoms with Gasteiger partial charge in [-0.05, 0) is 28.5 Å². The van der Waals surface area contributed by atoms with E-state index in [0.29, 0.717) is 6.61 Å². The van der Waals surface area contributed by atoms with Crippen LogP contribution in [0.3, 0.4) is 0 Å². The average molecular weight is 279 g/mol. The van der Waals surface area contributed by atoms with Crippen molar-refractivity contribution in [2.45, 2.75) is 5.60 Å². The molecule has 0 saturated carbocycles. The number of hydrogen-bond acceptors (Lipinski definition) is 2. The lowest BCUT2D eigenvalue weighted by Crippen LogP contribution is -2.14. The van der Waals surface area contributed by atoms with Crippen molar-refractivity contribution in [3.05, 3.63) is 46.4 Å². The van der Waals surface area contributed by atoms with E-state index in [0.717, 1.165) is 20.8 Å². The van der Waals surface area contributed by atoms with E-state index in [4.69, 9.17) is 4.74 Å². The van der Waals surface area contributed by atoms with Gasteiger partial charge in [0.2, 0.25) is 0 Å². The van der Waals surface area contributed by atoms with Crippen LogP contribution in [0, 0.1) is 0 Å². The molecule has 0 radical (unpaired) electrons. The Balaban J connectivity index is 2.26. The second-order valence-corrected chi connectivity index (χ2v) is 5.03. The van der Waals surface area contributed by atoms with E-state index in [1.54, 1.807) is 0 Å². The fourth-order valence-corrected chi connectivity index (χ4v) is 2.45. The minimum atomic E-state index is -0.451. The van der Waals surface area contributed by atoms with Gasteiger partial charge in [0.25, 0.3) is 0 Å². The van der Waals surface area contributed by atoms with E-state index < -0.39 is 5.60 Å². The smallest absolute Gasteiger partial charge is 0.140 e. The van der Waals surface area contributed by atoms with Crippen LogP contribution < -0.4 is 0 Å². The van der Waals surface area contributed by atoms with E-state index in [1.807, 2.05) is 18.2 Å². The highest BCUT2D eigenvalue weighted by Gasteiger charge is 2.46. The molecule has 1 aliphatic heterocycles. The van der Waals surface area contributed by atoms with Crippen LogP contribution in [0.1, 0.15) is 5.56 Å². The van der Waals surface area contributed by atoms with E-state index in [1.165, 1.54) is 0 Å². The van der Waals surface area contributed by atoms with Crippen molar-refractivity contribution >= 4 is 26.7 Å². The van der Waals surface area contributed by atoms with Crippen molar-refractivity contribution in [3.8, 4) is 0 Å². The Bertz CT molecular complexity index is 547. The predicted octanol–water partition coefficient (Wildman–Crippen LogP) is 2.82. The third-order valence-electron chi connectivity index (χ3n) is 3.08. The van der Waals surface area contributed by atoms with Crippen LogP contribution in [0.2, 0.25) is 0 Å². The first-order valence-electron chi connectivity index (χ1n) is 5.19. The SMILES string of the molecule is OCC1(c2cccc3cc(Br)ccc23)CO1. The highest BCUT2D eigenvalue weighted by Crippen LogP contribution is 2.41. The van der Waals surface area contributed by atoms with Crippen molar-refractivity contribution in [3.63, 3.8) is 0 Å². The molecule has 1 N–H and O–H groups in total. The Kier molecular flexibility index (Phi) is 2.28. The molecule has 1 heterocycles. The number of benzene rings is 2. The van der Waals surface area contributed by atoms with Crippen molar-refractivity contribution < 1.29 is 9.84 Å². The summed E-state index contributed by atoms with van der Waals surface area (Å²) in [5, 5.41) is 11.7. The van der Waals surface area contributed by atoms with Gasteiger partial charge in [0, 0.05) is 4.47 Å². The highest BCUT2D eigenvalue weighted by atomic mass is 79.9. The quantitative estimate of drug-likeness (QED) is 0.857. The largest absolute Gasteiger partial charge is 0.393 e. The summed E-state index contributed by atoms with van der Waals surface area (Å²) in [5.74, 6) is 0. The van der Waals surface area contributed by atoms with E-state index in [2.05, 4.69) is 34.1 Å². The van der Waals surface area contributed by atoms with Crippen molar-refractivity contribution in [1.82, 2.24) is 0 Å². The maximum absolute atomic E-state index is 9.39. The van der Waals surface area contributed by atoms with E-state index >= 15 is 0 Å². The second kappa shape index (κ2) is 3.55. The van der Waals surface area contributed by atoms with Crippen LogP contribution in [0.4, 0.5) is 0 Å². The van der Waals surface area contributed by atoms with Gasteiger partial charge < -0.3 is 9.84 Å². The Hall–Kier alpha value is -0.900. The minimum Gasteiger partial charge on any atom is -0.393 e. The van der Waals surface area contributed by atoms with Gasteiger partial charge in [-0.3, -0.25) is 0 Å². The third-order valence-corrected chi connectivity index (χ3v) is 3.57. The molecule has 82 valence electrons. The number of epoxide rings is 1. The fraction of sp³-hybridized carbons (Fsp3) is 0.231. The van der Waals surface area contributed by atoms with Gasteiger partial charge in [-0.2, -0.15) is 0 Å². The van der Waals surface area contributed by atoms with Gasteiger partial charge in [-0.15, -0.1) is 0 Å². The normalized spacial score (nSPS) is 23.6. The maximum Gasteiger partial charge on any atom is 0.140 e. The minimum absolute atomic E-state index is 0.0438. The topological polar surface area (TPSA) is 32.8 Å². The molecule has 1 saturated heterocycles. The van der Waals surface area contributed by atoms with Gasteiger partial charge in [-0.25, -0.2) is 0 Å². The molecule has 0 amide bonds. The molecule has 0 aliphatic carbocycles. The lowest BCUT2D eigenvalue weighted by molar-refractivity contribution is 0.174. The number of halogens is 1. The van der Waals surface area contributed by atoms with Gasteiger partial charge >= 0.3 is 0 Å². The molecule has 16 heavy (non-hydrogen) atoms. The van der Waals surface area contributed by atoms with Crippen molar-refractivity contribution in [1.29, 1.82) is 0 Å². The summed E-state index contributed by atoms with van der Waals surface area (Å²) < 4.78 is 6.47. The lowest BCUT2D eigenvalue weighted by Gasteiger charge is -2.12. The number of rotatable bonds is 2. The van der Waals surface area contributed by atoms with Crippen molar-refractivity contribution in [2.24, 2.45) is 0 Å². The first-order chi connectivity index (χ1) is 7.75.